The van der Waals surface area contributed by atoms with Crippen molar-refractivity contribution in [2.75, 3.05) is 10.6 Å². The van der Waals surface area contributed by atoms with Crippen molar-refractivity contribution in [2.45, 2.75) is 6.10 Å². The Labute approximate surface area is 185 Å². The molecule has 0 aliphatic rings. The van der Waals surface area contributed by atoms with Crippen molar-refractivity contribution >= 4 is 23.3 Å². The van der Waals surface area contributed by atoms with Gasteiger partial charge in [0.05, 0.1) is 0 Å². The van der Waals surface area contributed by atoms with E-state index >= 15 is 0 Å². The molecule has 0 aliphatic heterocycles. The maximum atomic E-state index is 13.1. The van der Waals surface area contributed by atoms with E-state index in [1.54, 1.807) is 60.8 Å². The molecule has 2 amide bonds. The van der Waals surface area contributed by atoms with Crippen molar-refractivity contribution in [3.63, 3.8) is 0 Å². The summed E-state index contributed by atoms with van der Waals surface area (Å²) in [6.07, 6.45) is 0.743. The highest BCUT2D eigenvalue weighted by atomic mass is 16.5. The molecular weight excluding hydrogens is 402 g/mol. The number of amides is 2. The lowest BCUT2D eigenvalue weighted by Crippen LogP contribution is -2.26. The summed E-state index contributed by atoms with van der Waals surface area (Å²) in [5.74, 6) is 0.370. The first-order valence-electron chi connectivity index (χ1n) is 10.1. The number of aromatic nitrogens is 1. The quantitative estimate of drug-likeness (QED) is 0.434. The smallest absolute Gasteiger partial charge is 0.270 e. The maximum Gasteiger partial charge on any atom is 0.270 e. The Balaban J connectivity index is 1.52. The highest BCUT2D eigenvalue weighted by molar-refractivity contribution is 6.05. The molecule has 1 aromatic heterocycles. The normalized spacial score (nSPS) is 11.2. The zero-order valence-electron chi connectivity index (χ0n) is 17.1. The van der Waals surface area contributed by atoms with Crippen molar-refractivity contribution in [1.29, 1.82) is 0 Å². The number of ether oxygens (including phenoxy) is 1. The Morgan fingerprint density at radius 3 is 2.19 bits per heavy atom. The van der Waals surface area contributed by atoms with Crippen molar-refractivity contribution in [2.24, 2.45) is 0 Å². The summed E-state index contributed by atoms with van der Waals surface area (Å²) in [4.78, 5) is 29.8. The lowest BCUT2D eigenvalue weighted by atomic mass is 10.1. The molecule has 1 heterocycles. The van der Waals surface area contributed by atoms with E-state index in [4.69, 9.17) is 4.74 Å². The van der Waals surface area contributed by atoms with Crippen LogP contribution in [0.15, 0.2) is 109 Å². The van der Waals surface area contributed by atoms with Crippen LogP contribution in [-0.4, -0.2) is 16.8 Å². The lowest BCUT2D eigenvalue weighted by Gasteiger charge is -2.19. The first-order valence-corrected chi connectivity index (χ1v) is 10.1. The van der Waals surface area contributed by atoms with E-state index in [0.717, 1.165) is 5.56 Å². The summed E-state index contributed by atoms with van der Waals surface area (Å²) in [5.41, 5.74) is 1.60. The number of rotatable bonds is 7. The number of hydrogen-bond donors (Lipinski definition) is 2. The fourth-order valence-corrected chi connectivity index (χ4v) is 3.11. The van der Waals surface area contributed by atoms with Crippen LogP contribution >= 0.6 is 0 Å². The average molecular weight is 423 g/mol. The Kier molecular flexibility index (Phi) is 6.53. The van der Waals surface area contributed by atoms with Crippen LogP contribution in [0.4, 0.5) is 11.5 Å². The van der Waals surface area contributed by atoms with E-state index in [9.17, 15) is 9.59 Å². The zero-order valence-corrected chi connectivity index (χ0v) is 17.1. The predicted octanol–water partition coefficient (Wildman–Crippen LogP) is 5.09. The number of anilines is 2. The molecule has 6 heteroatoms. The Morgan fingerprint density at radius 1 is 0.750 bits per heavy atom. The van der Waals surface area contributed by atoms with E-state index < -0.39 is 6.10 Å². The van der Waals surface area contributed by atoms with Crippen LogP contribution in [0.5, 0.6) is 5.75 Å². The van der Waals surface area contributed by atoms with Crippen molar-refractivity contribution < 1.29 is 14.3 Å². The van der Waals surface area contributed by atoms with E-state index in [2.05, 4.69) is 15.6 Å². The van der Waals surface area contributed by atoms with Gasteiger partial charge >= 0.3 is 0 Å². The van der Waals surface area contributed by atoms with Crippen molar-refractivity contribution in [3.05, 3.63) is 120 Å². The molecule has 0 saturated carbocycles. The highest BCUT2D eigenvalue weighted by Crippen LogP contribution is 2.24. The van der Waals surface area contributed by atoms with Gasteiger partial charge in [-0.2, -0.15) is 0 Å². The largest absolute Gasteiger partial charge is 0.476 e. The molecule has 32 heavy (non-hydrogen) atoms. The van der Waals surface area contributed by atoms with Crippen LogP contribution in [0.3, 0.4) is 0 Å². The number of pyridine rings is 1. The fourth-order valence-electron chi connectivity index (χ4n) is 3.11. The van der Waals surface area contributed by atoms with Crippen LogP contribution in [0, 0.1) is 0 Å². The minimum atomic E-state index is -0.857. The molecule has 4 aromatic rings. The Bertz CT molecular complexity index is 1180. The second-order valence-corrected chi connectivity index (χ2v) is 6.96. The molecule has 0 aliphatic carbocycles. The maximum absolute atomic E-state index is 13.1. The summed E-state index contributed by atoms with van der Waals surface area (Å²) < 4.78 is 5.99. The summed E-state index contributed by atoms with van der Waals surface area (Å²) in [5, 5.41) is 5.59. The second-order valence-electron chi connectivity index (χ2n) is 6.96. The van der Waals surface area contributed by atoms with Gasteiger partial charge in [0.25, 0.3) is 11.8 Å². The summed E-state index contributed by atoms with van der Waals surface area (Å²) in [6.45, 7) is 0. The number of benzene rings is 3. The van der Waals surface area contributed by atoms with Gasteiger partial charge in [-0.25, -0.2) is 4.98 Å². The third kappa shape index (κ3) is 5.37. The van der Waals surface area contributed by atoms with E-state index in [0.29, 0.717) is 22.8 Å². The summed E-state index contributed by atoms with van der Waals surface area (Å²) in [7, 11) is 0. The van der Waals surface area contributed by atoms with E-state index in [1.165, 1.54) is 0 Å². The molecule has 0 radical (unpaired) electrons. The number of nitrogens with one attached hydrogen (secondary N) is 2. The van der Waals surface area contributed by atoms with Crippen LogP contribution < -0.4 is 15.4 Å². The molecule has 1 unspecified atom stereocenters. The van der Waals surface area contributed by atoms with Crippen LogP contribution in [-0.2, 0) is 4.79 Å². The van der Waals surface area contributed by atoms with Crippen molar-refractivity contribution in [1.82, 2.24) is 4.98 Å². The third-order valence-corrected chi connectivity index (χ3v) is 4.64. The molecule has 0 bridgehead atoms. The number of carbonyl (C=O) groups excluding carboxylic acids is 2. The zero-order chi connectivity index (χ0) is 22.2. The molecule has 3 aromatic carbocycles. The van der Waals surface area contributed by atoms with Gasteiger partial charge in [0.15, 0.2) is 0 Å². The number of carbonyl (C=O) groups is 2. The minimum Gasteiger partial charge on any atom is -0.476 e. The van der Waals surface area contributed by atoms with Gasteiger partial charge in [0.2, 0.25) is 6.10 Å². The molecular formula is C26H21N3O3. The molecule has 2 N–H and O–H groups in total. The minimum absolute atomic E-state index is 0.319. The van der Waals surface area contributed by atoms with Crippen molar-refractivity contribution in [3.8, 4) is 5.75 Å². The van der Waals surface area contributed by atoms with Gasteiger partial charge in [-0.15, -0.1) is 0 Å². The molecule has 1 atom stereocenters. The first-order chi connectivity index (χ1) is 15.7. The first kappa shape index (κ1) is 20.8. The number of para-hydroxylation sites is 1. The lowest BCUT2D eigenvalue weighted by molar-refractivity contribution is -0.123. The standard InChI is InChI=1S/C26H21N3O3/c30-25(29-23-16-7-8-17-27-23)20-12-9-13-21(18-20)28-26(31)24(19-10-3-1-4-11-19)32-22-14-5-2-6-15-22/h1-18,24H,(H,28,31)(H,27,29,30). The fraction of sp³-hybridized carbons (Fsp3) is 0.0385. The van der Waals surface area contributed by atoms with E-state index in [-0.39, 0.29) is 11.8 Å². The molecule has 158 valence electrons. The molecule has 0 spiro atoms. The van der Waals surface area contributed by atoms with Crippen LogP contribution in [0.2, 0.25) is 0 Å². The van der Waals surface area contributed by atoms with Gasteiger partial charge in [-0.1, -0.05) is 60.7 Å². The van der Waals surface area contributed by atoms with Gasteiger partial charge in [-0.05, 0) is 42.5 Å². The SMILES string of the molecule is O=C(Nc1ccccn1)c1cccc(NC(=O)C(Oc2ccccc2)c2ccccc2)c1. The van der Waals surface area contributed by atoms with Gasteiger partial charge < -0.3 is 15.4 Å². The Hall–Kier alpha value is -4.45. The molecule has 6 nitrogen and oxygen atoms in total. The van der Waals surface area contributed by atoms with E-state index in [1.807, 2.05) is 48.5 Å². The highest BCUT2D eigenvalue weighted by Gasteiger charge is 2.23. The second kappa shape index (κ2) is 10.0. The average Bonchev–Trinajstić information content (AvgIpc) is 2.84. The number of nitrogens with zero attached hydrogens (tertiary/aromatic N) is 1. The number of hydrogen-bond acceptors (Lipinski definition) is 4. The van der Waals surface area contributed by atoms with Gasteiger partial charge in [0.1, 0.15) is 11.6 Å². The Morgan fingerprint density at radius 2 is 1.47 bits per heavy atom. The summed E-state index contributed by atoms with van der Waals surface area (Å²) in [6, 6.07) is 30.4. The predicted molar refractivity (Wildman–Crippen MR) is 124 cm³/mol. The molecule has 4 rings (SSSR count). The van der Waals surface area contributed by atoms with Crippen LogP contribution in [0.25, 0.3) is 0 Å². The third-order valence-electron chi connectivity index (χ3n) is 4.64. The monoisotopic (exact) mass is 423 g/mol. The van der Waals surface area contributed by atoms with Gasteiger partial charge in [-0.3, -0.25) is 9.59 Å². The summed E-state index contributed by atoms with van der Waals surface area (Å²) >= 11 is 0. The molecule has 0 saturated heterocycles. The van der Waals surface area contributed by atoms with Gasteiger partial charge in [0, 0.05) is 23.0 Å². The topological polar surface area (TPSA) is 80.3 Å². The molecule has 0 fully saturated rings. The van der Waals surface area contributed by atoms with Crippen LogP contribution in [0.1, 0.15) is 22.0 Å².